The highest BCUT2D eigenvalue weighted by molar-refractivity contribution is 5.45. The van der Waals surface area contributed by atoms with E-state index in [1.807, 2.05) is 12.1 Å². The maximum atomic E-state index is 8.77. The molecule has 2 atom stereocenters. The molecule has 1 aromatic heterocycles. The second-order valence-corrected chi connectivity index (χ2v) is 5.06. The number of hydrogen-bond donors (Lipinski definition) is 1. The highest BCUT2D eigenvalue weighted by Crippen LogP contribution is 2.28. The van der Waals surface area contributed by atoms with Gasteiger partial charge in [-0.05, 0) is 36.8 Å². The number of aromatic nitrogens is 1. The third kappa shape index (κ3) is 3.45. The topological polar surface area (TPSA) is 48.7 Å². The van der Waals surface area contributed by atoms with Gasteiger partial charge in [0.15, 0.2) is 0 Å². The summed E-state index contributed by atoms with van der Waals surface area (Å²) in [4.78, 5) is 3.96. The number of pyridine rings is 1. The van der Waals surface area contributed by atoms with Crippen molar-refractivity contribution in [3.05, 3.63) is 24.0 Å². The van der Waals surface area contributed by atoms with Gasteiger partial charge in [0.2, 0.25) is 0 Å². The van der Waals surface area contributed by atoms with E-state index >= 15 is 0 Å². The van der Waals surface area contributed by atoms with E-state index in [-0.39, 0.29) is 0 Å². The minimum absolute atomic E-state index is 0.479. The van der Waals surface area contributed by atoms with Crippen LogP contribution >= 0.6 is 0 Å². The molecule has 1 heterocycles. The highest BCUT2D eigenvalue weighted by Gasteiger charge is 2.18. The Morgan fingerprint density at radius 1 is 1.53 bits per heavy atom. The number of nitrogens with one attached hydrogen (secondary N) is 1. The summed E-state index contributed by atoms with van der Waals surface area (Å²) in [5.41, 5.74) is 1.49. The van der Waals surface area contributed by atoms with E-state index in [4.69, 9.17) is 5.26 Å². The maximum Gasteiger partial charge on any atom is 0.142 e. The van der Waals surface area contributed by atoms with Crippen LogP contribution in [0, 0.1) is 23.2 Å². The molecule has 2 rings (SSSR count). The Hall–Kier alpha value is -1.56. The van der Waals surface area contributed by atoms with Crippen molar-refractivity contribution >= 4 is 5.69 Å². The molecule has 2 unspecified atom stereocenters. The van der Waals surface area contributed by atoms with E-state index in [0.717, 1.165) is 24.1 Å². The molecular weight excluding hydrogens is 210 g/mol. The molecule has 1 saturated carbocycles. The van der Waals surface area contributed by atoms with Crippen LogP contribution in [0.5, 0.6) is 0 Å². The summed E-state index contributed by atoms with van der Waals surface area (Å²) in [7, 11) is 0. The van der Waals surface area contributed by atoms with Crippen molar-refractivity contribution in [2.75, 3.05) is 11.9 Å². The normalized spacial score (nSPS) is 24.0. The summed E-state index contributed by atoms with van der Waals surface area (Å²) in [5, 5.41) is 12.2. The number of nitriles is 1. The van der Waals surface area contributed by atoms with Crippen LogP contribution in [0.2, 0.25) is 0 Å². The quantitative estimate of drug-likeness (QED) is 0.866. The fourth-order valence-corrected chi connectivity index (χ4v) is 2.61. The Kier molecular flexibility index (Phi) is 3.98. The van der Waals surface area contributed by atoms with Gasteiger partial charge in [-0.15, -0.1) is 0 Å². The van der Waals surface area contributed by atoms with Gasteiger partial charge in [0.05, 0.1) is 0 Å². The predicted octanol–water partition coefficient (Wildman–Crippen LogP) is 3.19. The lowest BCUT2D eigenvalue weighted by atomic mass is 9.82. The molecule has 90 valence electrons. The van der Waals surface area contributed by atoms with E-state index in [1.165, 1.54) is 25.7 Å². The Balaban J connectivity index is 1.87. The summed E-state index contributed by atoms with van der Waals surface area (Å²) >= 11 is 0. The number of anilines is 1. The van der Waals surface area contributed by atoms with E-state index in [0.29, 0.717) is 5.69 Å². The second kappa shape index (κ2) is 5.67. The lowest BCUT2D eigenvalue weighted by molar-refractivity contribution is 0.293. The molecule has 0 aromatic carbocycles. The molecule has 1 aliphatic carbocycles. The van der Waals surface area contributed by atoms with Crippen molar-refractivity contribution in [1.29, 1.82) is 5.26 Å². The highest BCUT2D eigenvalue weighted by atomic mass is 14.9. The van der Waals surface area contributed by atoms with Gasteiger partial charge in [0.1, 0.15) is 11.8 Å². The first-order valence-electron chi connectivity index (χ1n) is 6.38. The van der Waals surface area contributed by atoms with E-state index < -0.39 is 0 Å². The van der Waals surface area contributed by atoms with Gasteiger partial charge in [0, 0.05) is 18.4 Å². The van der Waals surface area contributed by atoms with E-state index in [9.17, 15) is 0 Å². The van der Waals surface area contributed by atoms with Crippen LogP contribution < -0.4 is 5.32 Å². The third-order valence-electron chi connectivity index (χ3n) is 3.51. The largest absolute Gasteiger partial charge is 0.385 e. The van der Waals surface area contributed by atoms with Gasteiger partial charge < -0.3 is 5.32 Å². The van der Waals surface area contributed by atoms with Crippen LogP contribution in [0.1, 0.15) is 38.3 Å². The van der Waals surface area contributed by atoms with Crippen molar-refractivity contribution < 1.29 is 0 Å². The van der Waals surface area contributed by atoms with Crippen LogP contribution in [0.15, 0.2) is 18.3 Å². The van der Waals surface area contributed by atoms with Gasteiger partial charge in [-0.1, -0.05) is 19.8 Å². The molecule has 17 heavy (non-hydrogen) atoms. The van der Waals surface area contributed by atoms with Crippen molar-refractivity contribution in [2.24, 2.45) is 11.8 Å². The second-order valence-electron chi connectivity index (χ2n) is 5.06. The summed E-state index contributed by atoms with van der Waals surface area (Å²) in [5.74, 6) is 1.64. The third-order valence-corrected chi connectivity index (χ3v) is 3.51. The molecule has 0 amide bonds. The minimum atomic E-state index is 0.479. The molecule has 1 fully saturated rings. The Morgan fingerprint density at radius 2 is 2.41 bits per heavy atom. The maximum absolute atomic E-state index is 8.77. The van der Waals surface area contributed by atoms with Gasteiger partial charge in [-0.25, -0.2) is 4.98 Å². The van der Waals surface area contributed by atoms with Crippen molar-refractivity contribution in [1.82, 2.24) is 4.98 Å². The zero-order valence-electron chi connectivity index (χ0n) is 10.3. The van der Waals surface area contributed by atoms with Crippen LogP contribution in [0.4, 0.5) is 5.69 Å². The molecular formula is C14H19N3. The SMILES string of the molecule is CC1CCCC(CNc2ccnc(C#N)c2)C1. The van der Waals surface area contributed by atoms with Gasteiger partial charge >= 0.3 is 0 Å². The number of hydrogen-bond acceptors (Lipinski definition) is 3. The number of rotatable bonds is 3. The minimum Gasteiger partial charge on any atom is -0.385 e. The molecule has 1 N–H and O–H groups in total. The average Bonchev–Trinajstić information content (AvgIpc) is 2.37. The van der Waals surface area contributed by atoms with Gasteiger partial charge in [-0.3, -0.25) is 0 Å². The van der Waals surface area contributed by atoms with E-state index in [1.54, 1.807) is 6.20 Å². The first-order chi connectivity index (χ1) is 8.28. The monoisotopic (exact) mass is 229 g/mol. The molecule has 3 heteroatoms. The van der Waals surface area contributed by atoms with E-state index in [2.05, 4.69) is 23.3 Å². The number of nitrogens with zero attached hydrogens (tertiary/aromatic N) is 2. The van der Waals surface area contributed by atoms with Crippen LogP contribution in [-0.4, -0.2) is 11.5 Å². The zero-order valence-corrected chi connectivity index (χ0v) is 10.3. The molecule has 0 spiro atoms. The molecule has 0 radical (unpaired) electrons. The van der Waals surface area contributed by atoms with Gasteiger partial charge in [0.25, 0.3) is 0 Å². The first-order valence-corrected chi connectivity index (χ1v) is 6.38. The van der Waals surface area contributed by atoms with Crippen LogP contribution in [0.25, 0.3) is 0 Å². The van der Waals surface area contributed by atoms with Crippen LogP contribution in [0.3, 0.4) is 0 Å². The molecule has 3 nitrogen and oxygen atoms in total. The summed E-state index contributed by atoms with van der Waals surface area (Å²) < 4.78 is 0. The standard InChI is InChI=1S/C14H19N3/c1-11-3-2-4-12(7-11)10-17-13-5-6-16-14(8-13)9-15/h5-6,8,11-12H,2-4,7,10H2,1H3,(H,16,17). The summed E-state index contributed by atoms with van der Waals surface area (Å²) in [6.07, 6.45) is 7.07. The van der Waals surface area contributed by atoms with Crippen LogP contribution in [-0.2, 0) is 0 Å². The predicted molar refractivity (Wildman–Crippen MR) is 68.6 cm³/mol. The molecule has 1 aromatic rings. The lowest BCUT2D eigenvalue weighted by Gasteiger charge is -2.27. The lowest BCUT2D eigenvalue weighted by Crippen LogP contribution is -2.21. The van der Waals surface area contributed by atoms with Crippen molar-refractivity contribution in [3.63, 3.8) is 0 Å². The van der Waals surface area contributed by atoms with Crippen molar-refractivity contribution in [3.8, 4) is 6.07 Å². The zero-order chi connectivity index (χ0) is 12.1. The molecule has 0 saturated heterocycles. The van der Waals surface area contributed by atoms with Crippen molar-refractivity contribution in [2.45, 2.75) is 32.6 Å². The van der Waals surface area contributed by atoms with Gasteiger partial charge in [-0.2, -0.15) is 5.26 Å². The Morgan fingerprint density at radius 3 is 3.18 bits per heavy atom. The molecule has 1 aliphatic rings. The summed E-state index contributed by atoms with van der Waals surface area (Å²) in [6, 6.07) is 5.80. The first kappa shape index (κ1) is 11.9. The fourth-order valence-electron chi connectivity index (χ4n) is 2.61. The molecule has 0 aliphatic heterocycles. The Labute approximate surface area is 103 Å². The fraction of sp³-hybridized carbons (Fsp3) is 0.571. The average molecular weight is 229 g/mol. The smallest absolute Gasteiger partial charge is 0.142 e. The Bertz CT molecular complexity index is 408. The summed E-state index contributed by atoms with van der Waals surface area (Å²) in [6.45, 7) is 3.35. The molecule has 0 bridgehead atoms.